The number of aromatic nitrogens is 1. The molecule has 16 heavy (non-hydrogen) atoms. The Balaban J connectivity index is 2.15. The number of hydrogen-bond donors (Lipinski definition) is 0. The van der Waals surface area contributed by atoms with Crippen LogP contribution in [0.15, 0.2) is 18.3 Å². The van der Waals surface area contributed by atoms with Gasteiger partial charge in [-0.2, -0.15) is 0 Å². The van der Waals surface area contributed by atoms with Crippen LogP contribution in [0, 0.1) is 0 Å². The Bertz CT molecular complexity index is 379. The third-order valence-corrected chi connectivity index (χ3v) is 2.60. The summed E-state index contributed by atoms with van der Waals surface area (Å²) in [5.74, 6) is -0.635. The van der Waals surface area contributed by atoms with E-state index in [0.717, 1.165) is 5.69 Å². The quantitative estimate of drug-likeness (QED) is 0.763. The van der Waals surface area contributed by atoms with Crippen LogP contribution >= 0.6 is 0 Å². The predicted molar refractivity (Wildman–Crippen MR) is 56.2 cm³/mol. The molecule has 0 aliphatic carbocycles. The van der Waals surface area contributed by atoms with E-state index >= 15 is 0 Å². The maximum atomic E-state index is 11.4. The lowest BCUT2D eigenvalue weighted by Crippen LogP contribution is -2.30. The molecule has 88 valence electrons. The van der Waals surface area contributed by atoms with E-state index in [-0.39, 0.29) is 0 Å². The summed E-state index contributed by atoms with van der Waals surface area (Å²) in [6, 6.07) is 3.65. The molecule has 1 aromatic heterocycles. The maximum Gasteiger partial charge on any atom is 0.417 e. The summed E-state index contributed by atoms with van der Waals surface area (Å²) in [6.45, 7) is 3.06. The van der Waals surface area contributed by atoms with Crippen LogP contribution in [-0.4, -0.2) is 36.8 Å². The van der Waals surface area contributed by atoms with Crippen molar-refractivity contribution >= 4 is 6.09 Å². The van der Waals surface area contributed by atoms with Gasteiger partial charge in [0.2, 0.25) is 0 Å². The first kappa shape index (κ1) is 11.2. The van der Waals surface area contributed by atoms with E-state index in [1.54, 1.807) is 12.3 Å². The molecule has 2 heterocycles. The molecule has 0 N–H and O–H groups in total. The van der Waals surface area contributed by atoms with Crippen molar-refractivity contribution in [2.75, 3.05) is 20.3 Å². The number of methoxy groups -OCH3 is 1. The van der Waals surface area contributed by atoms with Crippen molar-refractivity contribution in [3.05, 3.63) is 24.0 Å². The molecule has 5 heteroatoms. The van der Waals surface area contributed by atoms with Gasteiger partial charge in [0.1, 0.15) is 0 Å². The standard InChI is InChI=1S/C11H15NO4/c1-11(15-6-7-16-11)8-9-4-3-5-12(9)10(13)14-2/h3-5H,6-8H2,1-2H3. The smallest absolute Gasteiger partial charge is 0.417 e. The minimum Gasteiger partial charge on any atom is -0.452 e. The molecular weight excluding hydrogens is 210 g/mol. The van der Waals surface area contributed by atoms with Crippen LogP contribution in [0.1, 0.15) is 12.6 Å². The zero-order valence-corrected chi connectivity index (χ0v) is 9.43. The van der Waals surface area contributed by atoms with Crippen LogP contribution in [0.2, 0.25) is 0 Å². The largest absolute Gasteiger partial charge is 0.452 e. The Morgan fingerprint density at radius 3 is 2.88 bits per heavy atom. The Kier molecular flexibility index (Phi) is 2.98. The zero-order chi connectivity index (χ0) is 11.6. The molecule has 1 saturated heterocycles. The van der Waals surface area contributed by atoms with Gasteiger partial charge in [0.05, 0.1) is 20.3 Å². The lowest BCUT2D eigenvalue weighted by molar-refractivity contribution is -0.141. The summed E-state index contributed by atoms with van der Waals surface area (Å²) < 4.78 is 17.1. The van der Waals surface area contributed by atoms with Gasteiger partial charge in [-0.3, -0.25) is 4.57 Å². The van der Waals surface area contributed by atoms with Gasteiger partial charge in [-0.15, -0.1) is 0 Å². The van der Waals surface area contributed by atoms with E-state index in [9.17, 15) is 4.79 Å². The first-order chi connectivity index (χ1) is 7.64. The summed E-state index contributed by atoms with van der Waals surface area (Å²) >= 11 is 0. The van der Waals surface area contributed by atoms with Gasteiger partial charge in [-0.1, -0.05) is 0 Å². The van der Waals surface area contributed by atoms with Crippen LogP contribution < -0.4 is 0 Å². The van der Waals surface area contributed by atoms with Crippen molar-refractivity contribution < 1.29 is 19.0 Å². The summed E-state index contributed by atoms with van der Waals surface area (Å²) in [5, 5.41) is 0. The second-order valence-corrected chi connectivity index (χ2v) is 3.85. The predicted octanol–water partition coefficient (Wildman–Crippen LogP) is 1.41. The van der Waals surface area contributed by atoms with Crippen LogP contribution in [0.25, 0.3) is 0 Å². The van der Waals surface area contributed by atoms with Gasteiger partial charge >= 0.3 is 6.09 Å². The highest BCUT2D eigenvalue weighted by Gasteiger charge is 2.32. The molecule has 0 bridgehead atoms. The van der Waals surface area contributed by atoms with Crippen molar-refractivity contribution in [1.29, 1.82) is 0 Å². The van der Waals surface area contributed by atoms with E-state index in [1.165, 1.54) is 11.7 Å². The third-order valence-electron chi connectivity index (χ3n) is 2.60. The molecule has 1 fully saturated rings. The Morgan fingerprint density at radius 1 is 1.56 bits per heavy atom. The number of carbonyl (C=O) groups excluding carboxylic acids is 1. The van der Waals surface area contributed by atoms with E-state index in [4.69, 9.17) is 9.47 Å². The van der Waals surface area contributed by atoms with Crippen molar-refractivity contribution in [1.82, 2.24) is 4.57 Å². The van der Waals surface area contributed by atoms with E-state index < -0.39 is 11.9 Å². The molecular formula is C11H15NO4. The lowest BCUT2D eigenvalue weighted by atomic mass is 10.1. The minimum absolute atomic E-state index is 0.401. The van der Waals surface area contributed by atoms with Crippen molar-refractivity contribution in [3.63, 3.8) is 0 Å². The van der Waals surface area contributed by atoms with Gasteiger partial charge in [0.25, 0.3) is 0 Å². The van der Waals surface area contributed by atoms with Crippen molar-refractivity contribution in [3.8, 4) is 0 Å². The summed E-state index contributed by atoms with van der Waals surface area (Å²) in [7, 11) is 1.36. The summed E-state index contributed by atoms with van der Waals surface area (Å²) in [5.41, 5.74) is 0.816. The van der Waals surface area contributed by atoms with E-state index in [2.05, 4.69) is 4.74 Å². The fourth-order valence-electron chi connectivity index (χ4n) is 1.82. The lowest BCUT2D eigenvalue weighted by Gasteiger charge is -2.22. The zero-order valence-electron chi connectivity index (χ0n) is 9.43. The minimum atomic E-state index is -0.635. The molecule has 1 aromatic rings. The fraction of sp³-hybridized carbons (Fsp3) is 0.545. The molecule has 0 amide bonds. The van der Waals surface area contributed by atoms with E-state index in [1.807, 2.05) is 13.0 Å². The first-order valence-corrected chi connectivity index (χ1v) is 5.17. The highest BCUT2D eigenvalue weighted by molar-refractivity contribution is 5.71. The Morgan fingerprint density at radius 2 is 2.25 bits per heavy atom. The SMILES string of the molecule is COC(=O)n1cccc1CC1(C)OCCO1. The maximum absolute atomic E-state index is 11.4. The number of ether oxygens (including phenoxy) is 3. The third kappa shape index (κ3) is 2.10. The molecule has 0 radical (unpaired) electrons. The monoisotopic (exact) mass is 225 g/mol. The van der Waals surface area contributed by atoms with Gasteiger partial charge in [-0.05, 0) is 19.1 Å². The van der Waals surface area contributed by atoms with Gasteiger partial charge in [0.15, 0.2) is 5.79 Å². The molecule has 0 saturated carbocycles. The molecule has 1 aliphatic heterocycles. The average molecular weight is 225 g/mol. The van der Waals surface area contributed by atoms with Crippen LogP contribution in [0.3, 0.4) is 0 Å². The molecule has 0 aromatic carbocycles. The number of nitrogens with zero attached hydrogens (tertiary/aromatic N) is 1. The highest BCUT2D eigenvalue weighted by Crippen LogP contribution is 2.23. The van der Waals surface area contributed by atoms with Gasteiger partial charge in [0, 0.05) is 18.3 Å². The topological polar surface area (TPSA) is 49.7 Å². The fourth-order valence-corrected chi connectivity index (χ4v) is 1.82. The number of rotatable bonds is 2. The van der Waals surface area contributed by atoms with Crippen LogP contribution in [0.4, 0.5) is 4.79 Å². The molecule has 1 aliphatic rings. The molecule has 0 spiro atoms. The number of carbonyl (C=O) groups is 1. The molecule has 0 atom stereocenters. The molecule has 0 unspecified atom stereocenters. The average Bonchev–Trinajstić information content (AvgIpc) is 2.87. The number of hydrogen-bond acceptors (Lipinski definition) is 4. The normalized spacial score (nSPS) is 18.6. The summed E-state index contributed by atoms with van der Waals surface area (Å²) in [4.78, 5) is 11.4. The van der Waals surface area contributed by atoms with Crippen LogP contribution in [-0.2, 0) is 20.6 Å². The van der Waals surface area contributed by atoms with Crippen LogP contribution in [0.5, 0.6) is 0 Å². The van der Waals surface area contributed by atoms with Gasteiger partial charge < -0.3 is 14.2 Å². The summed E-state index contributed by atoms with van der Waals surface area (Å²) in [6.07, 6.45) is 1.79. The van der Waals surface area contributed by atoms with Crippen molar-refractivity contribution in [2.45, 2.75) is 19.1 Å². The Labute approximate surface area is 93.9 Å². The molecule has 2 rings (SSSR count). The highest BCUT2D eigenvalue weighted by atomic mass is 16.7. The molecule has 5 nitrogen and oxygen atoms in total. The Hall–Kier alpha value is -1.33. The van der Waals surface area contributed by atoms with Crippen molar-refractivity contribution in [2.24, 2.45) is 0 Å². The second-order valence-electron chi connectivity index (χ2n) is 3.85. The second kappa shape index (κ2) is 4.27. The van der Waals surface area contributed by atoms with E-state index in [0.29, 0.717) is 19.6 Å². The first-order valence-electron chi connectivity index (χ1n) is 5.17. The van der Waals surface area contributed by atoms with Gasteiger partial charge in [-0.25, -0.2) is 4.79 Å².